The van der Waals surface area contributed by atoms with Crippen LogP contribution in [0.5, 0.6) is 0 Å². The Morgan fingerprint density at radius 2 is 2.33 bits per heavy atom. The van der Waals surface area contributed by atoms with Crippen LogP contribution in [0.4, 0.5) is 10.3 Å². The number of tetrazole rings is 1. The average Bonchev–Trinajstić information content (AvgIpc) is 2.86. The summed E-state index contributed by atoms with van der Waals surface area (Å²) < 4.78 is 13.8. The number of aromatic nitrogens is 4. The van der Waals surface area contributed by atoms with E-state index in [2.05, 4.69) is 32.6 Å². The summed E-state index contributed by atoms with van der Waals surface area (Å²) in [4.78, 5) is 13.1. The fraction of sp³-hybridized carbons (Fsp3) is 0.231. The number of carbonyl (C=O) groups is 1. The minimum Gasteiger partial charge on any atom is -0.395 e. The number of rotatable bonds is 3. The second-order valence-electron chi connectivity index (χ2n) is 4.03. The molecule has 0 atom stereocenters. The van der Waals surface area contributed by atoms with Crippen LogP contribution in [0.15, 0.2) is 18.2 Å². The lowest BCUT2D eigenvalue weighted by Crippen LogP contribution is -2.13. The molecule has 2 rings (SSSR count). The molecule has 0 bridgehead atoms. The van der Waals surface area contributed by atoms with Crippen LogP contribution < -0.4 is 5.32 Å². The van der Waals surface area contributed by atoms with Crippen molar-refractivity contribution in [2.45, 2.75) is 6.42 Å². The van der Waals surface area contributed by atoms with Crippen molar-refractivity contribution in [2.24, 2.45) is 7.05 Å². The molecule has 0 aliphatic rings. The Morgan fingerprint density at radius 3 is 2.95 bits per heavy atom. The summed E-state index contributed by atoms with van der Waals surface area (Å²) in [7, 11) is 1.56. The smallest absolute Gasteiger partial charge is 0.270 e. The fourth-order valence-electron chi connectivity index (χ4n) is 1.48. The minimum atomic E-state index is -0.611. The van der Waals surface area contributed by atoms with Crippen molar-refractivity contribution in [3.05, 3.63) is 35.1 Å². The molecule has 8 heteroatoms. The Hall–Kier alpha value is -2.79. The fourth-order valence-corrected chi connectivity index (χ4v) is 1.48. The highest BCUT2D eigenvalue weighted by atomic mass is 19.1. The zero-order valence-electron chi connectivity index (χ0n) is 11.2. The largest absolute Gasteiger partial charge is 0.395 e. The molecule has 1 amide bonds. The van der Waals surface area contributed by atoms with Gasteiger partial charge in [0.2, 0.25) is 0 Å². The third-order valence-electron chi connectivity index (χ3n) is 2.42. The van der Waals surface area contributed by atoms with Crippen LogP contribution in [0.1, 0.15) is 22.3 Å². The number of anilines is 1. The third-order valence-corrected chi connectivity index (χ3v) is 2.42. The summed E-state index contributed by atoms with van der Waals surface area (Å²) in [6.07, 6.45) is 0.264. The maximum atomic E-state index is 13.8. The zero-order valence-corrected chi connectivity index (χ0v) is 11.2. The van der Waals surface area contributed by atoms with Crippen LogP contribution >= 0.6 is 0 Å². The molecular formula is C13H12FN5O2. The Balaban J connectivity index is 2.12. The maximum Gasteiger partial charge on any atom is 0.270 e. The van der Waals surface area contributed by atoms with E-state index in [0.29, 0.717) is 0 Å². The molecule has 1 aromatic carbocycles. The van der Waals surface area contributed by atoms with E-state index in [1.807, 2.05) is 0 Å². The van der Waals surface area contributed by atoms with Gasteiger partial charge in [-0.05, 0) is 23.4 Å². The summed E-state index contributed by atoms with van der Waals surface area (Å²) >= 11 is 0. The Morgan fingerprint density at radius 1 is 1.52 bits per heavy atom. The molecule has 0 saturated heterocycles. The Labute approximate surface area is 119 Å². The van der Waals surface area contributed by atoms with Crippen molar-refractivity contribution >= 4 is 11.9 Å². The molecule has 1 heterocycles. The first-order valence-corrected chi connectivity index (χ1v) is 6.05. The minimum absolute atomic E-state index is 0.0368. The number of halogens is 1. The molecular weight excluding hydrogens is 277 g/mol. The summed E-state index contributed by atoms with van der Waals surface area (Å²) in [6.45, 7) is -0.0831. The first-order valence-electron chi connectivity index (χ1n) is 6.05. The molecule has 2 N–H and O–H groups in total. The lowest BCUT2D eigenvalue weighted by atomic mass is 10.1. The predicted molar refractivity (Wildman–Crippen MR) is 71.7 cm³/mol. The summed E-state index contributed by atoms with van der Waals surface area (Å²) in [5, 5.41) is 22.0. The van der Waals surface area contributed by atoms with Crippen molar-refractivity contribution in [1.82, 2.24) is 20.2 Å². The lowest BCUT2D eigenvalue weighted by Gasteiger charge is -2.02. The third kappa shape index (κ3) is 3.84. The highest BCUT2D eigenvalue weighted by Crippen LogP contribution is 2.11. The van der Waals surface area contributed by atoms with Gasteiger partial charge in [-0.25, -0.2) is 4.39 Å². The monoisotopic (exact) mass is 289 g/mol. The van der Waals surface area contributed by atoms with E-state index in [1.165, 1.54) is 16.9 Å². The molecule has 0 saturated carbocycles. The van der Waals surface area contributed by atoms with Gasteiger partial charge in [-0.15, -0.1) is 5.10 Å². The number of benzene rings is 1. The maximum absolute atomic E-state index is 13.8. The molecule has 0 radical (unpaired) electrons. The molecule has 0 unspecified atom stereocenters. The standard InChI is InChI=1S/C13H12FN5O2/c1-19-17-13(16-18-19)15-12(21)10-6-5-9(11(14)8-10)4-2-3-7-20/h5-6,8,20H,3,7H2,1H3,(H,15,17,21). The first kappa shape index (κ1) is 14.6. The van der Waals surface area contributed by atoms with E-state index < -0.39 is 11.7 Å². The second kappa shape index (κ2) is 6.58. The Kier molecular flexibility index (Phi) is 4.58. The molecule has 7 nitrogen and oxygen atoms in total. The van der Waals surface area contributed by atoms with E-state index in [-0.39, 0.29) is 30.1 Å². The van der Waals surface area contributed by atoms with Crippen molar-refractivity contribution in [3.8, 4) is 11.8 Å². The van der Waals surface area contributed by atoms with Gasteiger partial charge in [0.15, 0.2) is 0 Å². The van der Waals surface area contributed by atoms with Crippen molar-refractivity contribution in [1.29, 1.82) is 0 Å². The van der Waals surface area contributed by atoms with E-state index in [0.717, 1.165) is 6.07 Å². The van der Waals surface area contributed by atoms with Crippen molar-refractivity contribution in [3.63, 3.8) is 0 Å². The van der Waals surface area contributed by atoms with Crippen LogP contribution in [0.3, 0.4) is 0 Å². The van der Waals surface area contributed by atoms with Crippen LogP contribution in [-0.4, -0.2) is 37.8 Å². The molecule has 21 heavy (non-hydrogen) atoms. The summed E-state index contributed by atoms with van der Waals surface area (Å²) in [5.41, 5.74) is 0.283. The number of nitrogens with zero attached hydrogens (tertiary/aromatic N) is 4. The van der Waals surface area contributed by atoms with Crippen LogP contribution in [0.2, 0.25) is 0 Å². The van der Waals surface area contributed by atoms with Crippen LogP contribution in [-0.2, 0) is 7.05 Å². The zero-order chi connectivity index (χ0) is 15.2. The van der Waals surface area contributed by atoms with Gasteiger partial charge >= 0.3 is 0 Å². The summed E-state index contributed by atoms with van der Waals surface area (Å²) in [6, 6.07) is 3.92. The number of nitrogens with one attached hydrogen (secondary N) is 1. The van der Waals surface area contributed by atoms with E-state index in [4.69, 9.17) is 5.11 Å². The quantitative estimate of drug-likeness (QED) is 0.795. The van der Waals surface area contributed by atoms with E-state index >= 15 is 0 Å². The normalized spacial score (nSPS) is 9.86. The van der Waals surface area contributed by atoms with Gasteiger partial charge in [0.05, 0.1) is 19.2 Å². The topological polar surface area (TPSA) is 92.9 Å². The van der Waals surface area contributed by atoms with Crippen LogP contribution in [0.25, 0.3) is 0 Å². The predicted octanol–water partition coefficient (Wildman–Crippen LogP) is 0.335. The van der Waals surface area contributed by atoms with E-state index in [9.17, 15) is 9.18 Å². The van der Waals surface area contributed by atoms with Gasteiger partial charge in [-0.3, -0.25) is 10.1 Å². The number of aliphatic hydroxyl groups is 1. The SMILES string of the molecule is Cn1nnc(NC(=O)c2ccc(C#CCCO)c(F)c2)n1. The number of hydrogen-bond acceptors (Lipinski definition) is 5. The number of aliphatic hydroxyl groups excluding tert-OH is 1. The molecule has 0 aliphatic heterocycles. The number of carbonyl (C=O) groups excluding carboxylic acids is 1. The molecule has 0 fully saturated rings. The van der Waals surface area contributed by atoms with E-state index in [1.54, 1.807) is 7.05 Å². The van der Waals surface area contributed by atoms with Gasteiger partial charge in [0.25, 0.3) is 11.9 Å². The summed E-state index contributed by atoms with van der Waals surface area (Å²) in [5.74, 6) is 4.07. The Bertz CT molecular complexity index is 717. The first-order chi connectivity index (χ1) is 10.1. The number of hydrogen-bond donors (Lipinski definition) is 2. The molecule has 2 aromatic rings. The van der Waals surface area contributed by atoms with Gasteiger partial charge in [-0.2, -0.15) is 4.80 Å². The lowest BCUT2D eigenvalue weighted by molar-refractivity contribution is 0.102. The van der Waals surface area contributed by atoms with Gasteiger partial charge in [-0.1, -0.05) is 16.9 Å². The molecule has 0 aliphatic carbocycles. The molecule has 1 aromatic heterocycles. The highest BCUT2D eigenvalue weighted by Gasteiger charge is 2.11. The average molecular weight is 289 g/mol. The second-order valence-corrected chi connectivity index (χ2v) is 4.03. The van der Waals surface area contributed by atoms with Gasteiger partial charge in [0.1, 0.15) is 5.82 Å². The van der Waals surface area contributed by atoms with Gasteiger partial charge < -0.3 is 5.11 Å². The van der Waals surface area contributed by atoms with Gasteiger partial charge in [0, 0.05) is 12.0 Å². The van der Waals surface area contributed by atoms with Crippen LogP contribution in [0, 0.1) is 17.7 Å². The number of amides is 1. The van der Waals surface area contributed by atoms with Crippen molar-refractivity contribution < 1.29 is 14.3 Å². The molecule has 0 spiro atoms. The highest BCUT2D eigenvalue weighted by molar-refractivity contribution is 6.03. The molecule has 108 valence electrons. The number of aryl methyl sites for hydroxylation is 1. The van der Waals surface area contributed by atoms with Crippen molar-refractivity contribution in [2.75, 3.05) is 11.9 Å².